The summed E-state index contributed by atoms with van der Waals surface area (Å²) in [6.45, 7) is 7.04. The molecule has 3 heteroatoms. The monoisotopic (exact) mass is 249 g/mol. The lowest BCUT2D eigenvalue weighted by atomic mass is 9.87. The van der Waals surface area contributed by atoms with Gasteiger partial charge in [-0.25, -0.2) is 0 Å². The van der Waals surface area contributed by atoms with Crippen molar-refractivity contribution in [1.82, 2.24) is 5.32 Å². The average molecular weight is 249 g/mol. The molecule has 1 heterocycles. The molecule has 0 aliphatic carbocycles. The van der Waals surface area contributed by atoms with Crippen LogP contribution >= 0.6 is 0 Å². The summed E-state index contributed by atoms with van der Waals surface area (Å²) in [5.74, 6) is 1.90. The summed E-state index contributed by atoms with van der Waals surface area (Å²) in [5.41, 5.74) is 1.13. The number of ether oxygens (including phenoxy) is 2. The highest BCUT2D eigenvalue weighted by atomic mass is 16.5. The van der Waals surface area contributed by atoms with Gasteiger partial charge in [0.15, 0.2) is 0 Å². The standard InChI is InChI=1S/C15H23NO2/c1-5-15(3)10-13(16-4)12-9-11(17-6-2)7-8-14(12)18-15/h7-9,13,16H,5-6,10H2,1-4H3. The SMILES string of the molecule is CCOc1ccc2c(c1)C(NC)CC(C)(CC)O2. The topological polar surface area (TPSA) is 30.5 Å². The van der Waals surface area contributed by atoms with E-state index in [1.807, 2.05) is 26.1 Å². The van der Waals surface area contributed by atoms with Crippen molar-refractivity contribution in [3.8, 4) is 11.5 Å². The Morgan fingerprint density at radius 3 is 2.83 bits per heavy atom. The van der Waals surface area contributed by atoms with Crippen molar-refractivity contribution in [3.05, 3.63) is 23.8 Å². The van der Waals surface area contributed by atoms with E-state index in [0.29, 0.717) is 12.6 Å². The van der Waals surface area contributed by atoms with E-state index in [2.05, 4.69) is 25.2 Å². The van der Waals surface area contributed by atoms with Crippen molar-refractivity contribution in [2.24, 2.45) is 0 Å². The predicted molar refractivity (Wildman–Crippen MR) is 73.4 cm³/mol. The number of fused-ring (bicyclic) bond motifs is 1. The van der Waals surface area contributed by atoms with Crippen LogP contribution in [0.5, 0.6) is 11.5 Å². The van der Waals surface area contributed by atoms with Crippen molar-refractivity contribution in [3.63, 3.8) is 0 Å². The van der Waals surface area contributed by atoms with Gasteiger partial charge in [0.2, 0.25) is 0 Å². The van der Waals surface area contributed by atoms with Crippen molar-refractivity contribution in [2.45, 2.75) is 45.3 Å². The van der Waals surface area contributed by atoms with Crippen molar-refractivity contribution < 1.29 is 9.47 Å². The zero-order valence-electron chi connectivity index (χ0n) is 11.7. The minimum atomic E-state index is -0.0756. The number of hydrogen-bond donors (Lipinski definition) is 1. The van der Waals surface area contributed by atoms with Crippen LogP contribution < -0.4 is 14.8 Å². The van der Waals surface area contributed by atoms with Gasteiger partial charge in [0.25, 0.3) is 0 Å². The van der Waals surface area contributed by atoms with Crippen LogP contribution in [0, 0.1) is 0 Å². The summed E-state index contributed by atoms with van der Waals surface area (Å²) < 4.78 is 11.7. The zero-order valence-corrected chi connectivity index (χ0v) is 11.7. The molecule has 1 N–H and O–H groups in total. The zero-order chi connectivity index (χ0) is 13.2. The van der Waals surface area contributed by atoms with Crippen LogP contribution in [-0.2, 0) is 0 Å². The smallest absolute Gasteiger partial charge is 0.125 e. The molecular weight excluding hydrogens is 226 g/mol. The molecule has 1 aliphatic rings. The van der Waals surface area contributed by atoms with Crippen molar-refractivity contribution in [1.29, 1.82) is 0 Å². The molecule has 0 fully saturated rings. The van der Waals surface area contributed by atoms with E-state index in [9.17, 15) is 0 Å². The van der Waals surface area contributed by atoms with Crippen molar-refractivity contribution in [2.75, 3.05) is 13.7 Å². The minimum absolute atomic E-state index is 0.0756. The van der Waals surface area contributed by atoms with Crippen LogP contribution in [0.15, 0.2) is 18.2 Å². The summed E-state index contributed by atoms with van der Waals surface area (Å²) in [4.78, 5) is 0. The van der Waals surface area contributed by atoms with Gasteiger partial charge in [0.05, 0.1) is 6.61 Å². The van der Waals surface area contributed by atoms with Gasteiger partial charge in [0.1, 0.15) is 17.1 Å². The van der Waals surface area contributed by atoms with Gasteiger partial charge in [-0.1, -0.05) is 6.92 Å². The number of hydrogen-bond acceptors (Lipinski definition) is 3. The molecule has 1 aliphatic heterocycles. The van der Waals surface area contributed by atoms with Gasteiger partial charge in [-0.3, -0.25) is 0 Å². The van der Waals surface area contributed by atoms with Crippen LogP contribution in [0.2, 0.25) is 0 Å². The van der Waals surface area contributed by atoms with E-state index < -0.39 is 0 Å². The summed E-state index contributed by atoms with van der Waals surface area (Å²) in [7, 11) is 2.00. The Hall–Kier alpha value is -1.22. The molecule has 1 aromatic carbocycles. The van der Waals surface area contributed by atoms with Gasteiger partial charge in [-0.15, -0.1) is 0 Å². The Bertz CT molecular complexity index is 419. The number of benzene rings is 1. The maximum absolute atomic E-state index is 6.14. The summed E-state index contributed by atoms with van der Waals surface area (Å²) in [6.07, 6.45) is 2.00. The molecule has 100 valence electrons. The van der Waals surface area contributed by atoms with Gasteiger partial charge < -0.3 is 14.8 Å². The molecule has 2 unspecified atom stereocenters. The molecule has 0 bridgehead atoms. The Morgan fingerprint density at radius 1 is 1.44 bits per heavy atom. The van der Waals surface area contributed by atoms with E-state index in [1.54, 1.807) is 0 Å². The highest BCUT2D eigenvalue weighted by molar-refractivity contribution is 5.44. The second-order valence-corrected chi connectivity index (χ2v) is 5.08. The Labute approximate surface area is 109 Å². The maximum atomic E-state index is 6.14. The lowest BCUT2D eigenvalue weighted by molar-refractivity contribution is 0.0453. The normalized spacial score (nSPS) is 26.3. The van der Waals surface area contributed by atoms with Crippen LogP contribution in [0.3, 0.4) is 0 Å². The average Bonchev–Trinajstić information content (AvgIpc) is 2.38. The summed E-state index contributed by atoms with van der Waals surface area (Å²) in [6, 6.07) is 6.43. The molecule has 3 nitrogen and oxygen atoms in total. The second-order valence-electron chi connectivity index (χ2n) is 5.08. The highest BCUT2D eigenvalue weighted by Crippen LogP contribution is 2.42. The quantitative estimate of drug-likeness (QED) is 0.888. The molecular formula is C15H23NO2. The maximum Gasteiger partial charge on any atom is 0.125 e. The highest BCUT2D eigenvalue weighted by Gasteiger charge is 2.35. The fourth-order valence-corrected chi connectivity index (χ4v) is 2.47. The van der Waals surface area contributed by atoms with Gasteiger partial charge in [-0.05, 0) is 45.5 Å². The van der Waals surface area contributed by atoms with Gasteiger partial charge >= 0.3 is 0 Å². The van der Waals surface area contributed by atoms with Crippen LogP contribution in [0.4, 0.5) is 0 Å². The fraction of sp³-hybridized carbons (Fsp3) is 0.600. The molecule has 0 radical (unpaired) electrons. The first-order chi connectivity index (χ1) is 8.61. The van der Waals surface area contributed by atoms with E-state index in [-0.39, 0.29) is 5.60 Å². The van der Waals surface area contributed by atoms with E-state index in [1.165, 1.54) is 5.56 Å². The third-order valence-electron chi connectivity index (χ3n) is 3.76. The largest absolute Gasteiger partial charge is 0.494 e. The molecule has 0 amide bonds. The van der Waals surface area contributed by atoms with Crippen LogP contribution in [0.25, 0.3) is 0 Å². The minimum Gasteiger partial charge on any atom is -0.494 e. The third-order valence-corrected chi connectivity index (χ3v) is 3.76. The molecule has 2 rings (SSSR count). The molecule has 0 saturated carbocycles. The number of nitrogens with one attached hydrogen (secondary N) is 1. The molecule has 2 atom stereocenters. The fourth-order valence-electron chi connectivity index (χ4n) is 2.47. The van der Waals surface area contributed by atoms with E-state index >= 15 is 0 Å². The number of rotatable bonds is 4. The van der Waals surface area contributed by atoms with Crippen LogP contribution in [-0.4, -0.2) is 19.3 Å². The molecule has 0 saturated heterocycles. The summed E-state index contributed by atoms with van der Waals surface area (Å²) >= 11 is 0. The predicted octanol–water partition coefficient (Wildman–Crippen LogP) is 3.30. The van der Waals surface area contributed by atoms with Crippen molar-refractivity contribution >= 4 is 0 Å². The van der Waals surface area contributed by atoms with Crippen LogP contribution in [0.1, 0.15) is 45.2 Å². The molecule has 1 aromatic rings. The second kappa shape index (κ2) is 5.19. The first kappa shape index (κ1) is 13.2. The molecule has 0 aromatic heterocycles. The Kier molecular flexibility index (Phi) is 3.81. The lowest BCUT2D eigenvalue weighted by Crippen LogP contribution is -2.40. The first-order valence-corrected chi connectivity index (χ1v) is 6.75. The Morgan fingerprint density at radius 2 is 2.22 bits per heavy atom. The van der Waals surface area contributed by atoms with E-state index in [0.717, 1.165) is 24.3 Å². The molecule has 18 heavy (non-hydrogen) atoms. The van der Waals surface area contributed by atoms with Gasteiger partial charge in [0, 0.05) is 18.0 Å². The van der Waals surface area contributed by atoms with E-state index in [4.69, 9.17) is 9.47 Å². The van der Waals surface area contributed by atoms with Gasteiger partial charge in [-0.2, -0.15) is 0 Å². The third kappa shape index (κ3) is 2.46. The summed E-state index contributed by atoms with van der Waals surface area (Å²) in [5, 5.41) is 3.38. The first-order valence-electron chi connectivity index (χ1n) is 6.75. The Balaban J connectivity index is 2.35. The lowest BCUT2D eigenvalue weighted by Gasteiger charge is -2.39. The molecule has 0 spiro atoms.